The van der Waals surface area contributed by atoms with E-state index in [1.54, 1.807) is 6.92 Å². The van der Waals surface area contributed by atoms with Gasteiger partial charge in [-0.2, -0.15) is 0 Å². The predicted molar refractivity (Wildman–Crippen MR) is 86.4 cm³/mol. The molecule has 1 aromatic heterocycles. The SMILES string of the molecule is CCOC(=O)Cc1cc(=O)oc2cc(N(CC)CC)ccc12. The molecule has 1 aromatic carbocycles. The molecule has 0 bridgehead atoms. The number of fused-ring (bicyclic) bond motifs is 1. The van der Waals surface area contributed by atoms with E-state index in [1.807, 2.05) is 18.2 Å². The van der Waals surface area contributed by atoms with Crippen LogP contribution in [0.5, 0.6) is 0 Å². The maximum absolute atomic E-state index is 11.7. The fraction of sp³-hybridized carbons (Fsp3) is 0.412. The van der Waals surface area contributed by atoms with Gasteiger partial charge in [-0.05, 0) is 38.5 Å². The second-order valence-corrected chi connectivity index (χ2v) is 4.93. The van der Waals surface area contributed by atoms with Gasteiger partial charge in [0.1, 0.15) is 5.58 Å². The van der Waals surface area contributed by atoms with Crippen molar-refractivity contribution in [1.29, 1.82) is 0 Å². The highest BCUT2D eigenvalue weighted by atomic mass is 16.5. The van der Waals surface area contributed by atoms with Gasteiger partial charge < -0.3 is 14.1 Å². The summed E-state index contributed by atoms with van der Waals surface area (Å²) in [4.78, 5) is 25.6. The van der Waals surface area contributed by atoms with Crippen LogP contribution in [0.25, 0.3) is 11.0 Å². The Hall–Kier alpha value is -2.30. The van der Waals surface area contributed by atoms with E-state index in [9.17, 15) is 9.59 Å². The van der Waals surface area contributed by atoms with E-state index >= 15 is 0 Å². The number of hydrogen-bond donors (Lipinski definition) is 0. The molecular weight excluding hydrogens is 282 g/mol. The number of carbonyl (C=O) groups excluding carboxylic acids is 1. The van der Waals surface area contributed by atoms with Gasteiger partial charge in [0.2, 0.25) is 0 Å². The number of nitrogens with zero attached hydrogens (tertiary/aromatic N) is 1. The summed E-state index contributed by atoms with van der Waals surface area (Å²) in [6, 6.07) is 7.07. The van der Waals surface area contributed by atoms with Gasteiger partial charge in [0.25, 0.3) is 0 Å². The molecule has 5 nitrogen and oxygen atoms in total. The third kappa shape index (κ3) is 3.47. The van der Waals surface area contributed by atoms with E-state index in [-0.39, 0.29) is 12.4 Å². The Morgan fingerprint density at radius 1 is 1.18 bits per heavy atom. The maximum Gasteiger partial charge on any atom is 0.336 e. The minimum absolute atomic E-state index is 0.0700. The van der Waals surface area contributed by atoms with Gasteiger partial charge >= 0.3 is 11.6 Å². The smallest absolute Gasteiger partial charge is 0.336 e. The van der Waals surface area contributed by atoms with E-state index in [0.717, 1.165) is 24.2 Å². The van der Waals surface area contributed by atoms with Crippen molar-refractivity contribution in [2.75, 3.05) is 24.6 Å². The predicted octanol–water partition coefficient (Wildman–Crippen LogP) is 2.74. The van der Waals surface area contributed by atoms with E-state index in [0.29, 0.717) is 17.8 Å². The first-order chi connectivity index (χ1) is 10.6. The number of anilines is 1. The highest BCUT2D eigenvalue weighted by molar-refractivity contribution is 5.87. The molecule has 0 fully saturated rings. The molecule has 0 radical (unpaired) electrons. The van der Waals surface area contributed by atoms with E-state index < -0.39 is 5.63 Å². The minimum Gasteiger partial charge on any atom is -0.466 e. The Bertz CT molecular complexity index is 716. The highest BCUT2D eigenvalue weighted by Crippen LogP contribution is 2.24. The van der Waals surface area contributed by atoms with Crippen LogP contribution in [0.1, 0.15) is 26.3 Å². The van der Waals surface area contributed by atoms with Gasteiger partial charge in [-0.15, -0.1) is 0 Å². The number of rotatable bonds is 6. The summed E-state index contributed by atoms with van der Waals surface area (Å²) in [7, 11) is 0. The topological polar surface area (TPSA) is 59.8 Å². The molecule has 0 aliphatic carbocycles. The summed E-state index contributed by atoms with van der Waals surface area (Å²) in [6.07, 6.45) is 0.0700. The fourth-order valence-electron chi connectivity index (χ4n) is 2.52. The molecule has 1 heterocycles. The fourth-order valence-corrected chi connectivity index (χ4v) is 2.52. The number of carbonyl (C=O) groups is 1. The summed E-state index contributed by atoms with van der Waals surface area (Å²) in [6.45, 7) is 7.96. The molecule has 0 atom stereocenters. The van der Waals surface area contributed by atoms with Crippen LogP contribution in [0.3, 0.4) is 0 Å². The summed E-state index contributed by atoms with van der Waals surface area (Å²) < 4.78 is 10.2. The van der Waals surface area contributed by atoms with Crippen LogP contribution in [0.15, 0.2) is 33.5 Å². The standard InChI is InChI=1S/C17H21NO4/c1-4-18(5-2)13-7-8-14-12(9-16(19)21-6-3)10-17(20)22-15(14)11-13/h7-8,10-11H,4-6,9H2,1-3H3. The first-order valence-corrected chi connectivity index (χ1v) is 7.56. The van der Waals surface area contributed by atoms with E-state index in [4.69, 9.17) is 9.15 Å². The first kappa shape index (κ1) is 16.1. The zero-order chi connectivity index (χ0) is 16.1. The molecule has 5 heteroatoms. The lowest BCUT2D eigenvalue weighted by molar-refractivity contribution is -0.142. The zero-order valence-corrected chi connectivity index (χ0v) is 13.2. The van der Waals surface area contributed by atoms with E-state index in [1.165, 1.54) is 6.07 Å². The molecule has 0 aliphatic rings. The van der Waals surface area contributed by atoms with Crippen LogP contribution in [-0.2, 0) is 16.0 Å². The molecule has 0 aliphatic heterocycles. The van der Waals surface area contributed by atoms with Crippen molar-refractivity contribution in [3.63, 3.8) is 0 Å². The monoisotopic (exact) mass is 303 g/mol. The largest absolute Gasteiger partial charge is 0.466 e. The average molecular weight is 303 g/mol. The van der Waals surface area contributed by atoms with Crippen molar-refractivity contribution in [3.8, 4) is 0 Å². The molecular formula is C17H21NO4. The molecule has 0 amide bonds. The molecule has 0 spiro atoms. The lowest BCUT2D eigenvalue weighted by Crippen LogP contribution is -2.21. The Balaban J connectivity index is 2.46. The van der Waals surface area contributed by atoms with Crippen molar-refractivity contribution in [1.82, 2.24) is 0 Å². The number of esters is 1. The molecule has 2 rings (SSSR count). The summed E-state index contributed by atoms with van der Waals surface area (Å²) in [5.41, 5.74) is 1.67. The van der Waals surface area contributed by atoms with Crippen molar-refractivity contribution < 1.29 is 13.9 Å². The van der Waals surface area contributed by atoms with Crippen molar-refractivity contribution in [3.05, 3.63) is 40.2 Å². The second kappa shape index (κ2) is 7.11. The molecule has 2 aromatic rings. The van der Waals surface area contributed by atoms with Gasteiger partial charge in [-0.1, -0.05) is 0 Å². The third-order valence-corrected chi connectivity index (χ3v) is 3.58. The van der Waals surface area contributed by atoms with Gasteiger partial charge in [-0.3, -0.25) is 4.79 Å². The zero-order valence-electron chi connectivity index (χ0n) is 13.2. The Kier molecular flexibility index (Phi) is 5.20. The van der Waals surface area contributed by atoms with Gasteiger partial charge in [0.05, 0.1) is 13.0 Å². The van der Waals surface area contributed by atoms with Crippen LogP contribution >= 0.6 is 0 Å². The van der Waals surface area contributed by atoms with E-state index in [2.05, 4.69) is 18.7 Å². The normalized spacial score (nSPS) is 10.7. The van der Waals surface area contributed by atoms with Crippen molar-refractivity contribution in [2.24, 2.45) is 0 Å². The van der Waals surface area contributed by atoms with Crippen LogP contribution in [0, 0.1) is 0 Å². The summed E-state index contributed by atoms with van der Waals surface area (Å²) >= 11 is 0. The average Bonchev–Trinajstić information content (AvgIpc) is 2.48. The third-order valence-electron chi connectivity index (χ3n) is 3.58. The maximum atomic E-state index is 11.7. The van der Waals surface area contributed by atoms with Gasteiger partial charge in [-0.25, -0.2) is 4.79 Å². The first-order valence-electron chi connectivity index (χ1n) is 7.56. The molecule has 0 unspecified atom stereocenters. The molecule has 22 heavy (non-hydrogen) atoms. The van der Waals surface area contributed by atoms with Crippen LogP contribution < -0.4 is 10.5 Å². The summed E-state index contributed by atoms with van der Waals surface area (Å²) in [5.74, 6) is -0.345. The Labute approximate surface area is 129 Å². The molecule has 0 saturated carbocycles. The molecule has 0 saturated heterocycles. The summed E-state index contributed by atoms with van der Waals surface area (Å²) in [5, 5.41) is 0.767. The van der Waals surface area contributed by atoms with Gasteiger partial charge in [0.15, 0.2) is 0 Å². The van der Waals surface area contributed by atoms with Crippen molar-refractivity contribution >= 4 is 22.6 Å². The molecule has 0 N–H and O–H groups in total. The van der Waals surface area contributed by atoms with Crippen LogP contribution in [0.2, 0.25) is 0 Å². The number of ether oxygens (including phenoxy) is 1. The van der Waals surface area contributed by atoms with Crippen molar-refractivity contribution in [2.45, 2.75) is 27.2 Å². The van der Waals surface area contributed by atoms with Crippen LogP contribution in [0.4, 0.5) is 5.69 Å². The Morgan fingerprint density at radius 2 is 1.91 bits per heavy atom. The molecule has 118 valence electrons. The Morgan fingerprint density at radius 3 is 2.55 bits per heavy atom. The number of benzene rings is 1. The minimum atomic E-state index is -0.455. The lowest BCUT2D eigenvalue weighted by Gasteiger charge is -2.21. The lowest BCUT2D eigenvalue weighted by atomic mass is 10.1. The highest BCUT2D eigenvalue weighted by Gasteiger charge is 2.12. The van der Waals surface area contributed by atoms with Crippen LogP contribution in [-0.4, -0.2) is 25.7 Å². The number of hydrogen-bond acceptors (Lipinski definition) is 5. The second-order valence-electron chi connectivity index (χ2n) is 4.93. The quantitative estimate of drug-likeness (QED) is 0.606. The van der Waals surface area contributed by atoms with Gasteiger partial charge in [0, 0.05) is 36.3 Å².